The van der Waals surface area contributed by atoms with Crippen LogP contribution in [0, 0.1) is 19.9 Å². The molecule has 1 unspecified atom stereocenters. The van der Waals surface area contributed by atoms with E-state index < -0.39 is 8.07 Å². The van der Waals surface area contributed by atoms with Gasteiger partial charge in [-0.2, -0.15) is 11.1 Å². The Morgan fingerprint density at radius 3 is 1.46 bits per heavy atom. The summed E-state index contributed by atoms with van der Waals surface area (Å²) in [5.74, 6) is 0. The molecule has 0 aliphatic heterocycles. The van der Waals surface area contributed by atoms with Crippen molar-refractivity contribution in [3.8, 4) is 0 Å². The predicted octanol–water partition coefficient (Wildman–Crippen LogP) is -2.35. The zero-order chi connectivity index (χ0) is 18.4. The second kappa shape index (κ2) is 11.8. The molecule has 0 N–H and O–H groups in total. The minimum Gasteiger partial charge on any atom is -1.00 e. The summed E-state index contributed by atoms with van der Waals surface area (Å²) in [5.41, 5.74) is 8.47. The largest absolute Gasteiger partial charge is 4.00 e. The van der Waals surface area contributed by atoms with Crippen LogP contribution >= 0.6 is 0 Å². The van der Waals surface area contributed by atoms with Gasteiger partial charge in [0.05, 0.1) is 8.07 Å². The maximum atomic E-state index is 3.98. The molecule has 5 heteroatoms. The summed E-state index contributed by atoms with van der Waals surface area (Å²) in [6.45, 7) is 23.6. The monoisotopic (exact) mass is 492 g/mol. The van der Waals surface area contributed by atoms with Gasteiger partial charge in [0.25, 0.3) is 0 Å². The molecule has 0 aromatic heterocycles. The van der Waals surface area contributed by atoms with Crippen LogP contribution in [0.25, 0.3) is 0 Å². The van der Waals surface area contributed by atoms with Gasteiger partial charge in [-0.05, 0) is 24.9 Å². The Hall–Kier alpha value is 0.501. The van der Waals surface area contributed by atoms with Gasteiger partial charge >= 0.3 is 21.7 Å². The van der Waals surface area contributed by atoms with Crippen LogP contribution in [0.1, 0.15) is 66.5 Å². The van der Waals surface area contributed by atoms with E-state index in [-0.39, 0.29) is 64.0 Å². The molecule has 0 amide bonds. The maximum absolute atomic E-state index is 3.98. The average Bonchev–Trinajstić information content (AvgIpc) is 2.62. The van der Waals surface area contributed by atoms with Crippen molar-refractivity contribution in [2.45, 2.75) is 85.4 Å². The molecule has 1 aliphatic rings. The molecule has 1 aromatic rings. The fourth-order valence-corrected chi connectivity index (χ4v) is 13.3. The van der Waals surface area contributed by atoms with E-state index in [0.29, 0.717) is 11.1 Å². The van der Waals surface area contributed by atoms with Crippen LogP contribution in [0.15, 0.2) is 34.9 Å². The molecule has 0 bridgehead atoms. The Morgan fingerprint density at radius 1 is 0.786 bits per heavy atom. The smallest absolute Gasteiger partial charge is 1.00 e. The topological polar surface area (TPSA) is 0 Å². The molecular weight excluding hydrogens is 459 g/mol. The summed E-state index contributed by atoms with van der Waals surface area (Å²) in [5, 5.41) is 1.69. The summed E-state index contributed by atoms with van der Waals surface area (Å²) in [4.78, 5) is 0. The van der Waals surface area contributed by atoms with Crippen LogP contribution < -0.4 is 42.4 Å². The first-order valence-corrected chi connectivity index (χ1v) is 11.5. The van der Waals surface area contributed by atoms with E-state index in [2.05, 4.69) is 93.5 Å². The van der Waals surface area contributed by atoms with E-state index in [1.807, 2.05) is 0 Å². The molecule has 0 spiro atoms. The van der Waals surface area contributed by atoms with E-state index in [4.69, 9.17) is 0 Å². The SMILES string of the molecule is CC1=[C-]C(C)([Si](c2cc(C)cc(C)c2)(C(C)C)C(C)C)C(C)=C1C.[Cl-].[Cl-].[Cl-].[Ti+4]. The third kappa shape index (κ3) is 5.04. The molecular formula is C23H35Cl3SiTi. The number of allylic oxidation sites excluding steroid dienone is 4. The Kier molecular flexibility index (Phi) is 13.9. The van der Waals surface area contributed by atoms with Gasteiger partial charge in [-0.3, -0.25) is 6.08 Å². The Morgan fingerprint density at radius 2 is 1.18 bits per heavy atom. The molecule has 1 atom stereocenters. The standard InChI is InChI=1S/C23H35Si.3ClH.Ti/c1-15(2)24(16(3)4,22-12-17(5)11-18(6)13-22)23(10)14-19(7)20(8)21(23)9;;;;/h11-13,15-16H,1-10H3;3*1H;/q-1;;;;+4/p-3. The molecule has 0 saturated carbocycles. The third-order valence-electron chi connectivity index (χ3n) is 6.66. The van der Waals surface area contributed by atoms with Crippen molar-refractivity contribution in [2.24, 2.45) is 0 Å². The minimum absolute atomic E-state index is 0. The number of hydrogen-bond acceptors (Lipinski definition) is 0. The summed E-state index contributed by atoms with van der Waals surface area (Å²) in [6, 6.07) is 7.25. The molecule has 0 fully saturated rings. The maximum Gasteiger partial charge on any atom is 4.00 e. The molecule has 0 heterocycles. The van der Waals surface area contributed by atoms with Crippen molar-refractivity contribution < 1.29 is 58.9 Å². The molecule has 0 nitrogen and oxygen atoms in total. The summed E-state index contributed by atoms with van der Waals surface area (Å²) in [6.07, 6.45) is 3.98. The van der Waals surface area contributed by atoms with Crippen LogP contribution in [-0.2, 0) is 21.7 Å². The summed E-state index contributed by atoms with van der Waals surface area (Å²) >= 11 is 0. The van der Waals surface area contributed by atoms with Crippen molar-refractivity contribution in [3.05, 3.63) is 52.1 Å². The van der Waals surface area contributed by atoms with E-state index >= 15 is 0 Å². The van der Waals surface area contributed by atoms with Gasteiger partial charge in [-0.15, -0.1) is 6.92 Å². The fraction of sp³-hybridized carbons (Fsp3) is 0.565. The van der Waals surface area contributed by atoms with E-state index in [9.17, 15) is 0 Å². The molecule has 0 saturated heterocycles. The van der Waals surface area contributed by atoms with Gasteiger partial charge < -0.3 is 37.2 Å². The normalized spacial score (nSPS) is 18.8. The fourth-order valence-electron chi connectivity index (χ4n) is 5.62. The first kappa shape index (κ1) is 33.1. The van der Waals surface area contributed by atoms with Gasteiger partial charge in [0.1, 0.15) is 0 Å². The second-order valence-electron chi connectivity index (χ2n) is 8.68. The molecule has 28 heavy (non-hydrogen) atoms. The van der Waals surface area contributed by atoms with Crippen molar-refractivity contribution in [2.75, 3.05) is 0 Å². The van der Waals surface area contributed by atoms with Crippen LogP contribution in [0.4, 0.5) is 0 Å². The summed E-state index contributed by atoms with van der Waals surface area (Å²) < 4.78 is 0. The Bertz CT molecular complexity index is 694. The number of halogens is 3. The van der Waals surface area contributed by atoms with Crippen molar-refractivity contribution in [3.63, 3.8) is 0 Å². The molecule has 1 aromatic carbocycles. The zero-order valence-corrected chi connectivity index (χ0v) is 23.8. The van der Waals surface area contributed by atoms with Gasteiger partial charge in [-0.25, -0.2) is 5.57 Å². The van der Waals surface area contributed by atoms with Gasteiger partial charge in [-0.1, -0.05) is 88.0 Å². The molecule has 0 radical (unpaired) electrons. The Balaban J connectivity index is -0.00000156. The number of benzene rings is 1. The molecule has 1 aliphatic carbocycles. The zero-order valence-electron chi connectivity index (χ0n) is 19.0. The summed E-state index contributed by atoms with van der Waals surface area (Å²) in [7, 11) is -1.92. The van der Waals surface area contributed by atoms with Gasteiger partial charge in [0.15, 0.2) is 0 Å². The van der Waals surface area contributed by atoms with E-state index in [0.717, 1.165) is 0 Å². The van der Waals surface area contributed by atoms with E-state index in [1.165, 1.54) is 22.3 Å². The molecule has 2 rings (SSSR count). The Labute approximate surface area is 208 Å². The minimum atomic E-state index is -1.92. The first-order chi connectivity index (χ1) is 11.0. The van der Waals surface area contributed by atoms with E-state index in [1.54, 1.807) is 10.8 Å². The van der Waals surface area contributed by atoms with Crippen molar-refractivity contribution >= 4 is 13.3 Å². The van der Waals surface area contributed by atoms with Gasteiger partial charge in [0.2, 0.25) is 0 Å². The number of hydrogen-bond donors (Lipinski definition) is 0. The molecule has 156 valence electrons. The van der Waals surface area contributed by atoms with Crippen molar-refractivity contribution in [1.82, 2.24) is 0 Å². The van der Waals surface area contributed by atoms with Crippen LogP contribution in [-0.4, -0.2) is 8.07 Å². The van der Waals surface area contributed by atoms with Crippen LogP contribution in [0.3, 0.4) is 0 Å². The van der Waals surface area contributed by atoms with Crippen LogP contribution in [0.5, 0.6) is 0 Å². The second-order valence-corrected chi connectivity index (χ2v) is 14.3. The van der Waals surface area contributed by atoms with Crippen molar-refractivity contribution in [1.29, 1.82) is 0 Å². The number of aryl methyl sites for hydroxylation is 2. The quantitative estimate of drug-likeness (QED) is 0.326. The predicted molar refractivity (Wildman–Crippen MR) is 111 cm³/mol. The average molecular weight is 494 g/mol. The number of rotatable bonds is 4. The van der Waals surface area contributed by atoms with Gasteiger partial charge in [0, 0.05) is 0 Å². The first-order valence-electron chi connectivity index (χ1n) is 9.37. The third-order valence-corrected chi connectivity index (χ3v) is 13.7. The van der Waals surface area contributed by atoms with Crippen LogP contribution in [0.2, 0.25) is 16.1 Å².